The summed E-state index contributed by atoms with van der Waals surface area (Å²) in [6, 6.07) is 6.47. The van der Waals surface area contributed by atoms with Crippen molar-refractivity contribution in [3.63, 3.8) is 0 Å². The third kappa shape index (κ3) is 3.43. The minimum Gasteiger partial charge on any atom is -0.258 e. The maximum atomic E-state index is 10.8. The number of thioether (sulfide) groups is 2. The number of nitriles is 1. The van der Waals surface area contributed by atoms with E-state index in [-0.39, 0.29) is 5.69 Å². The first-order valence-electron chi connectivity index (χ1n) is 4.49. The van der Waals surface area contributed by atoms with Crippen LogP contribution in [-0.2, 0) is 0 Å². The van der Waals surface area contributed by atoms with Crippen molar-refractivity contribution < 1.29 is 4.92 Å². The zero-order valence-electron chi connectivity index (χ0n) is 8.67. The summed E-state index contributed by atoms with van der Waals surface area (Å²) in [6.07, 6.45) is 1.99. The van der Waals surface area contributed by atoms with Crippen molar-refractivity contribution in [2.75, 3.05) is 17.8 Å². The summed E-state index contributed by atoms with van der Waals surface area (Å²) >= 11 is 3.15. The lowest BCUT2D eigenvalue weighted by Crippen LogP contribution is -1.93. The molecule has 0 spiro atoms. The Bertz CT molecular complexity index is 429. The normalized spacial score (nSPS) is 9.75. The molecular weight excluding hydrogens is 244 g/mol. The highest BCUT2D eigenvalue weighted by Gasteiger charge is 2.14. The molecule has 1 aromatic rings. The van der Waals surface area contributed by atoms with E-state index in [0.717, 1.165) is 11.5 Å². The molecule has 4 nitrogen and oxygen atoms in total. The predicted octanol–water partition coefficient (Wildman–Crippen LogP) is 2.92. The minimum atomic E-state index is -0.442. The molecule has 0 aliphatic heterocycles. The van der Waals surface area contributed by atoms with Crippen molar-refractivity contribution in [1.29, 1.82) is 5.26 Å². The van der Waals surface area contributed by atoms with Crippen LogP contribution in [0, 0.1) is 21.4 Å². The Morgan fingerprint density at radius 1 is 1.50 bits per heavy atom. The van der Waals surface area contributed by atoms with E-state index in [0.29, 0.717) is 10.5 Å². The van der Waals surface area contributed by atoms with Gasteiger partial charge in [0.15, 0.2) is 0 Å². The zero-order valence-corrected chi connectivity index (χ0v) is 10.3. The maximum Gasteiger partial charge on any atom is 0.284 e. The molecule has 0 aliphatic carbocycles. The summed E-state index contributed by atoms with van der Waals surface area (Å²) in [6.45, 7) is 0. The van der Waals surface area contributed by atoms with Crippen LogP contribution >= 0.6 is 23.5 Å². The van der Waals surface area contributed by atoms with E-state index in [1.807, 2.05) is 12.3 Å². The predicted molar refractivity (Wildman–Crippen MR) is 66.9 cm³/mol. The lowest BCUT2D eigenvalue weighted by atomic mass is 10.2. The van der Waals surface area contributed by atoms with Gasteiger partial charge in [-0.15, -0.1) is 11.8 Å². The zero-order chi connectivity index (χ0) is 12.0. The molecule has 0 bridgehead atoms. The Hall–Kier alpha value is -1.19. The Morgan fingerprint density at radius 3 is 2.81 bits per heavy atom. The van der Waals surface area contributed by atoms with Crippen molar-refractivity contribution in [2.24, 2.45) is 0 Å². The minimum absolute atomic E-state index is 0.0187. The quantitative estimate of drug-likeness (QED) is 0.350. The van der Waals surface area contributed by atoms with E-state index in [1.165, 1.54) is 17.8 Å². The Labute approximate surface area is 102 Å². The van der Waals surface area contributed by atoms with Gasteiger partial charge in [0.25, 0.3) is 5.69 Å². The van der Waals surface area contributed by atoms with Gasteiger partial charge >= 0.3 is 0 Å². The van der Waals surface area contributed by atoms with Gasteiger partial charge in [0.1, 0.15) is 0 Å². The van der Waals surface area contributed by atoms with Gasteiger partial charge in [-0.3, -0.25) is 10.1 Å². The van der Waals surface area contributed by atoms with Crippen molar-refractivity contribution in [2.45, 2.75) is 4.90 Å². The molecule has 0 amide bonds. The van der Waals surface area contributed by atoms with Gasteiger partial charge in [-0.25, -0.2) is 0 Å². The molecule has 0 fully saturated rings. The molecule has 0 atom stereocenters. The molecule has 0 heterocycles. The molecule has 0 aliphatic rings. The largest absolute Gasteiger partial charge is 0.284 e. The highest BCUT2D eigenvalue weighted by atomic mass is 32.2. The average Bonchev–Trinajstić information content (AvgIpc) is 2.29. The molecule has 0 radical (unpaired) electrons. The highest BCUT2D eigenvalue weighted by molar-refractivity contribution is 8.02. The van der Waals surface area contributed by atoms with Crippen LogP contribution in [0.15, 0.2) is 23.1 Å². The van der Waals surface area contributed by atoms with Gasteiger partial charge in [-0.2, -0.15) is 17.0 Å². The fraction of sp³-hybridized carbons (Fsp3) is 0.300. The van der Waals surface area contributed by atoms with Gasteiger partial charge in [0.2, 0.25) is 0 Å². The van der Waals surface area contributed by atoms with E-state index >= 15 is 0 Å². The van der Waals surface area contributed by atoms with E-state index in [4.69, 9.17) is 5.26 Å². The number of hydrogen-bond donors (Lipinski definition) is 0. The van der Waals surface area contributed by atoms with Crippen LogP contribution < -0.4 is 0 Å². The van der Waals surface area contributed by atoms with Crippen molar-refractivity contribution in [3.05, 3.63) is 33.9 Å². The summed E-state index contributed by atoms with van der Waals surface area (Å²) in [5, 5.41) is 19.5. The number of nitro groups is 1. The first-order valence-corrected chi connectivity index (χ1v) is 6.87. The van der Waals surface area contributed by atoms with Gasteiger partial charge in [-0.05, 0) is 18.4 Å². The molecule has 1 rings (SSSR count). The van der Waals surface area contributed by atoms with Crippen LogP contribution in [0.3, 0.4) is 0 Å². The Kier molecular flexibility index (Phi) is 5.15. The monoisotopic (exact) mass is 254 g/mol. The topological polar surface area (TPSA) is 66.9 Å². The number of nitro benzene ring substituents is 1. The molecule has 84 valence electrons. The first-order chi connectivity index (χ1) is 7.69. The smallest absolute Gasteiger partial charge is 0.258 e. The van der Waals surface area contributed by atoms with E-state index in [1.54, 1.807) is 23.9 Å². The lowest BCUT2D eigenvalue weighted by Gasteiger charge is -2.02. The molecule has 1 aromatic carbocycles. The summed E-state index contributed by atoms with van der Waals surface area (Å²) in [4.78, 5) is 11.0. The van der Waals surface area contributed by atoms with Gasteiger partial charge < -0.3 is 0 Å². The van der Waals surface area contributed by atoms with Crippen molar-refractivity contribution >= 4 is 29.2 Å². The number of nitrogens with zero attached hydrogens (tertiary/aromatic N) is 2. The van der Waals surface area contributed by atoms with Gasteiger partial charge in [0, 0.05) is 17.6 Å². The average molecular weight is 254 g/mol. The third-order valence-corrected chi connectivity index (χ3v) is 3.77. The Balaban J connectivity index is 2.91. The van der Waals surface area contributed by atoms with Crippen LogP contribution in [0.5, 0.6) is 0 Å². The summed E-state index contributed by atoms with van der Waals surface area (Å²) in [5.41, 5.74) is 0.339. The second-order valence-electron chi connectivity index (χ2n) is 2.89. The van der Waals surface area contributed by atoms with Crippen molar-refractivity contribution in [1.82, 2.24) is 0 Å². The summed E-state index contributed by atoms with van der Waals surface area (Å²) in [7, 11) is 0. The second-order valence-corrected chi connectivity index (χ2v) is 5.02. The molecular formula is C10H10N2O2S2. The van der Waals surface area contributed by atoms with E-state index in [9.17, 15) is 10.1 Å². The standard InChI is InChI=1S/C10H10N2O2S2/c1-15-4-5-16-10-3-2-8(7-11)6-9(10)12(13)14/h2-3,6H,4-5H2,1H3. The molecule has 0 N–H and O–H groups in total. The fourth-order valence-corrected chi connectivity index (χ4v) is 2.75. The summed E-state index contributed by atoms with van der Waals surface area (Å²) < 4.78 is 0. The second kappa shape index (κ2) is 6.40. The van der Waals surface area contributed by atoms with Gasteiger partial charge in [-0.1, -0.05) is 0 Å². The number of benzene rings is 1. The first kappa shape index (κ1) is 12.9. The molecule has 6 heteroatoms. The fourth-order valence-electron chi connectivity index (χ4n) is 1.09. The van der Waals surface area contributed by atoms with Crippen LogP contribution in [-0.4, -0.2) is 22.7 Å². The summed E-state index contributed by atoms with van der Waals surface area (Å²) in [5.74, 6) is 1.77. The van der Waals surface area contributed by atoms with Crippen LogP contribution in [0.25, 0.3) is 0 Å². The molecule has 0 saturated carbocycles. The molecule has 16 heavy (non-hydrogen) atoms. The highest BCUT2D eigenvalue weighted by Crippen LogP contribution is 2.30. The Morgan fingerprint density at radius 2 is 2.25 bits per heavy atom. The maximum absolute atomic E-state index is 10.8. The molecule has 0 aromatic heterocycles. The number of hydrogen-bond acceptors (Lipinski definition) is 5. The number of rotatable bonds is 5. The van der Waals surface area contributed by atoms with Crippen molar-refractivity contribution in [3.8, 4) is 6.07 Å². The van der Waals surface area contributed by atoms with Crippen LogP contribution in [0.4, 0.5) is 5.69 Å². The van der Waals surface area contributed by atoms with Gasteiger partial charge in [0.05, 0.1) is 21.5 Å². The molecule has 0 saturated heterocycles. The molecule has 0 unspecified atom stereocenters. The third-order valence-electron chi connectivity index (χ3n) is 1.83. The lowest BCUT2D eigenvalue weighted by molar-refractivity contribution is -0.387. The SMILES string of the molecule is CSCCSc1ccc(C#N)cc1[N+](=O)[O-]. The van der Waals surface area contributed by atoms with Crippen LogP contribution in [0.1, 0.15) is 5.56 Å². The van der Waals surface area contributed by atoms with E-state index in [2.05, 4.69) is 0 Å². The van der Waals surface area contributed by atoms with E-state index < -0.39 is 4.92 Å². The van der Waals surface area contributed by atoms with Crippen LogP contribution in [0.2, 0.25) is 0 Å².